The number of rotatable bonds is 15. The van der Waals surface area contributed by atoms with Gasteiger partial charge in [-0.1, -0.05) is 84.9 Å². The number of ether oxygens (including phenoxy) is 3. The molecule has 10 nitrogen and oxygen atoms in total. The molecule has 0 spiro atoms. The minimum absolute atomic E-state index is 0.00404. The van der Waals surface area contributed by atoms with E-state index in [0.717, 1.165) is 72.3 Å². The second kappa shape index (κ2) is 18.3. The third-order valence-electron chi connectivity index (χ3n) is 9.94. The molecule has 2 aliphatic rings. The number of carbonyl (C=O) groups is 2. The molecule has 2 aliphatic heterocycles. The van der Waals surface area contributed by atoms with Crippen LogP contribution in [-0.4, -0.2) is 60.8 Å². The first-order valence-electron chi connectivity index (χ1n) is 18.2. The number of nitrogens with two attached hydrogens (primary N) is 1. The molecule has 2 amide bonds. The monoisotopic (exact) mass is 706 g/mol. The van der Waals surface area contributed by atoms with Crippen LogP contribution in [0.2, 0.25) is 0 Å². The quantitative estimate of drug-likeness (QED) is 0.103. The number of nitrogens with one attached hydrogen (secondary N) is 2. The Morgan fingerprint density at radius 3 is 2.40 bits per heavy atom. The summed E-state index contributed by atoms with van der Waals surface area (Å²) < 4.78 is 18.8. The summed E-state index contributed by atoms with van der Waals surface area (Å²) in [7, 11) is 1.76. The average Bonchev–Trinajstić information content (AvgIpc) is 3.61. The second-order valence-corrected chi connectivity index (χ2v) is 13.6. The number of amides is 2. The van der Waals surface area contributed by atoms with Gasteiger partial charge in [-0.05, 0) is 65.8 Å². The van der Waals surface area contributed by atoms with Crippen LogP contribution < -0.4 is 16.4 Å². The molecule has 0 unspecified atom stereocenters. The Bertz CT molecular complexity index is 1770. The zero-order chi connectivity index (χ0) is 36.3. The van der Waals surface area contributed by atoms with Gasteiger partial charge < -0.3 is 35.7 Å². The lowest BCUT2D eigenvalue weighted by Crippen LogP contribution is -2.42. The Morgan fingerprint density at radius 2 is 1.63 bits per heavy atom. The molecule has 4 aromatic carbocycles. The van der Waals surface area contributed by atoms with Crippen LogP contribution in [0, 0.1) is 0 Å². The van der Waals surface area contributed by atoms with E-state index in [1.807, 2.05) is 54.6 Å². The normalized spacial score (nSPS) is 20.4. The van der Waals surface area contributed by atoms with Crippen LogP contribution in [0.15, 0.2) is 97.1 Å². The van der Waals surface area contributed by atoms with Crippen molar-refractivity contribution in [1.82, 2.24) is 10.2 Å². The summed E-state index contributed by atoms with van der Waals surface area (Å²) in [5, 5.41) is 15.4. The van der Waals surface area contributed by atoms with Gasteiger partial charge in [0.1, 0.15) is 0 Å². The van der Waals surface area contributed by atoms with E-state index in [4.69, 9.17) is 19.9 Å². The highest BCUT2D eigenvalue weighted by atomic mass is 16.7. The van der Waals surface area contributed by atoms with Gasteiger partial charge in [-0.2, -0.15) is 0 Å². The molecule has 0 bridgehead atoms. The second-order valence-electron chi connectivity index (χ2n) is 13.6. The molecule has 10 heteroatoms. The number of aliphatic hydroxyl groups is 1. The van der Waals surface area contributed by atoms with Crippen LogP contribution in [-0.2, 0) is 37.0 Å². The maximum atomic E-state index is 12.7. The average molecular weight is 707 g/mol. The van der Waals surface area contributed by atoms with E-state index in [0.29, 0.717) is 30.4 Å². The molecule has 0 aromatic heterocycles. The molecule has 0 aliphatic carbocycles. The number of carbonyl (C=O) groups excluding carboxylic acids is 2. The minimum atomic E-state index is -0.541. The number of methoxy groups -OCH3 is 1. The zero-order valence-corrected chi connectivity index (χ0v) is 29.8. The van der Waals surface area contributed by atoms with Crippen LogP contribution in [0.1, 0.15) is 73.2 Å². The molecule has 274 valence electrons. The van der Waals surface area contributed by atoms with Crippen LogP contribution in [0.25, 0.3) is 11.1 Å². The van der Waals surface area contributed by atoms with Gasteiger partial charge in [-0.15, -0.1) is 0 Å². The number of anilines is 2. The maximum Gasteiger partial charge on any atom is 0.224 e. The first-order valence-corrected chi connectivity index (χ1v) is 18.2. The fraction of sp³-hybridized carbons (Fsp3) is 0.381. The molecule has 4 aromatic rings. The highest BCUT2D eigenvalue weighted by Gasteiger charge is 2.35. The minimum Gasteiger partial charge on any atom is -0.397 e. The van der Waals surface area contributed by atoms with Crippen molar-refractivity contribution in [2.24, 2.45) is 0 Å². The number of para-hydroxylation sites is 2. The highest BCUT2D eigenvalue weighted by Crippen LogP contribution is 2.39. The summed E-state index contributed by atoms with van der Waals surface area (Å²) in [4.78, 5) is 27.5. The van der Waals surface area contributed by atoms with Crippen molar-refractivity contribution >= 4 is 23.2 Å². The van der Waals surface area contributed by atoms with Crippen molar-refractivity contribution in [3.8, 4) is 11.1 Å². The summed E-state index contributed by atoms with van der Waals surface area (Å²) in [6.07, 6.45) is 3.20. The summed E-state index contributed by atoms with van der Waals surface area (Å²) in [5.74, 6) is -0.282. The summed E-state index contributed by atoms with van der Waals surface area (Å²) in [5.41, 5.74) is 12.9. The van der Waals surface area contributed by atoms with E-state index in [9.17, 15) is 14.7 Å². The Labute approximate surface area is 306 Å². The van der Waals surface area contributed by atoms with Gasteiger partial charge in [0.15, 0.2) is 6.29 Å². The number of hydrogen-bond donors (Lipinski definition) is 4. The number of nitrogens with zero attached hydrogens (tertiary/aromatic N) is 1. The lowest BCUT2D eigenvalue weighted by Gasteiger charge is -2.38. The lowest BCUT2D eigenvalue weighted by atomic mass is 9.97. The van der Waals surface area contributed by atoms with E-state index < -0.39 is 6.29 Å². The van der Waals surface area contributed by atoms with Crippen molar-refractivity contribution in [3.05, 3.63) is 119 Å². The molecule has 2 heterocycles. The van der Waals surface area contributed by atoms with Gasteiger partial charge >= 0.3 is 0 Å². The first-order chi connectivity index (χ1) is 25.4. The van der Waals surface area contributed by atoms with Crippen molar-refractivity contribution in [1.29, 1.82) is 0 Å². The van der Waals surface area contributed by atoms with Gasteiger partial charge in [0.05, 0.1) is 36.8 Å². The van der Waals surface area contributed by atoms with E-state index in [1.54, 1.807) is 19.2 Å². The molecule has 2 saturated heterocycles. The topological polar surface area (TPSA) is 135 Å². The van der Waals surface area contributed by atoms with Crippen molar-refractivity contribution in [2.45, 2.75) is 76.2 Å². The summed E-state index contributed by atoms with van der Waals surface area (Å²) in [6.45, 7) is 2.94. The first kappa shape index (κ1) is 37.2. The summed E-state index contributed by atoms with van der Waals surface area (Å²) >= 11 is 0. The Kier molecular flexibility index (Phi) is 13.1. The molecule has 4 atom stereocenters. The van der Waals surface area contributed by atoms with Gasteiger partial charge in [0.2, 0.25) is 11.8 Å². The smallest absolute Gasteiger partial charge is 0.224 e. The standard InChI is InChI=1S/C42H50N4O6/c1-50-28-34-9-7-23-46(34)26-35-24-39(31-17-15-29(27-47)16-18-31)52-42(51-35)32-21-19-30(20-22-32)36-10-3-2-8-33(36)25-44-40(48)13-6-14-41(49)45-38-12-5-4-11-37(38)43/h2-5,8,10-12,15-22,34-35,39,42,47H,6-7,9,13-14,23-28,43H2,1H3,(H,44,48)(H,45,49)/t34-,35+,39-,42-/m0/s1. The molecule has 0 saturated carbocycles. The Balaban J connectivity index is 1.08. The number of nitrogen functional groups attached to an aromatic ring is 1. The Morgan fingerprint density at radius 1 is 0.904 bits per heavy atom. The number of aliphatic hydroxyl groups excluding tert-OH is 1. The zero-order valence-electron chi connectivity index (χ0n) is 29.8. The number of benzene rings is 4. The predicted octanol–water partition coefficient (Wildman–Crippen LogP) is 6.51. The van der Waals surface area contributed by atoms with E-state index in [2.05, 4.69) is 45.9 Å². The van der Waals surface area contributed by atoms with Gasteiger partial charge in [0, 0.05) is 51.1 Å². The Hall–Kier alpha value is -4.58. The predicted molar refractivity (Wildman–Crippen MR) is 202 cm³/mol. The lowest BCUT2D eigenvalue weighted by molar-refractivity contribution is -0.253. The fourth-order valence-corrected chi connectivity index (χ4v) is 7.10. The van der Waals surface area contributed by atoms with Crippen LogP contribution in [0.3, 0.4) is 0 Å². The molecule has 2 fully saturated rings. The molecule has 5 N–H and O–H groups in total. The van der Waals surface area contributed by atoms with Crippen molar-refractivity contribution < 1.29 is 28.9 Å². The van der Waals surface area contributed by atoms with Crippen LogP contribution in [0.5, 0.6) is 0 Å². The molecular formula is C42H50N4O6. The fourth-order valence-electron chi connectivity index (χ4n) is 7.10. The third-order valence-corrected chi connectivity index (χ3v) is 9.94. The van der Waals surface area contributed by atoms with Gasteiger partial charge in [-0.3, -0.25) is 14.5 Å². The van der Waals surface area contributed by atoms with Gasteiger partial charge in [0.25, 0.3) is 0 Å². The van der Waals surface area contributed by atoms with Crippen LogP contribution in [0.4, 0.5) is 11.4 Å². The maximum absolute atomic E-state index is 12.7. The highest BCUT2D eigenvalue weighted by molar-refractivity contribution is 5.94. The number of hydrogen-bond acceptors (Lipinski definition) is 8. The summed E-state index contributed by atoms with van der Waals surface area (Å²) in [6, 6.07) is 31.8. The third kappa shape index (κ3) is 9.84. The largest absolute Gasteiger partial charge is 0.397 e. The van der Waals surface area contributed by atoms with Crippen molar-refractivity contribution in [3.63, 3.8) is 0 Å². The molecular weight excluding hydrogens is 656 g/mol. The van der Waals surface area contributed by atoms with Crippen LogP contribution >= 0.6 is 0 Å². The van der Waals surface area contributed by atoms with E-state index in [1.165, 1.54) is 0 Å². The van der Waals surface area contributed by atoms with E-state index >= 15 is 0 Å². The van der Waals surface area contributed by atoms with Gasteiger partial charge in [-0.25, -0.2) is 0 Å². The molecule has 0 radical (unpaired) electrons. The molecule has 6 rings (SSSR count). The van der Waals surface area contributed by atoms with E-state index in [-0.39, 0.29) is 43.5 Å². The van der Waals surface area contributed by atoms with Crippen molar-refractivity contribution in [2.75, 3.05) is 37.9 Å². The number of likely N-dealkylation sites (tertiary alicyclic amines) is 1. The SMILES string of the molecule is COC[C@@H]1CCCN1C[C@H]1C[C@@H](c2ccc(CO)cc2)O[C@@H](c2ccc(-c3ccccc3CNC(=O)CCCC(=O)Nc3ccccc3N)cc2)O1. The molecule has 52 heavy (non-hydrogen) atoms.